The van der Waals surface area contributed by atoms with Crippen LogP contribution in [0.2, 0.25) is 0 Å². The molecule has 0 fully saturated rings. The van der Waals surface area contributed by atoms with Gasteiger partial charge in [-0.2, -0.15) is 0 Å². The van der Waals surface area contributed by atoms with Crippen LogP contribution in [0.1, 0.15) is 0 Å². The van der Waals surface area contributed by atoms with Gasteiger partial charge in [0.25, 0.3) is 0 Å². The SMILES string of the molecule is c1ccc(-c2cc(-c3ccccc3)nc(-c3cc(N(c4ccccc4)c4ccc5c(c4)sc4ccccc45)cc4oc5ccccc5c34)n2)cc1. The molecule has 0 aliphatic carbocycles. The zero-order valence-electron chi connectivity index (χ0n) is 27.4. The van der Waals surface area contributed by atoms with Crippen molar-refractivity contribution < 1.29 is 4.42 Å². The lowest BCUT2D eigenvalue weighted by atomic mass is 10.0. The van der Waals surface area contributed by atoms with Crippen LogP contribution in [-0.2, 0) is 0 Å². The molecule has 3 heterocycles. The Balaban J connectivity index is 1.25. The Kier molecular flexibility index (Phi) is 6.96. The molecule has 4 nitrogen and oxygen atoms in total. The number of hydrogen-bond acceptors (Lipinski definition) is 5. The van der Waals surface area contributed by atoms with Gasteiger partial charge >= 0.3 is 0 Å². The Morgan fingerprint density at radius 3 is 1.76 bits per heavy atom. The second kappa shape index (κ2) is 12.1. The first-order valence-corrected chi connectivity index (χ1v) is 17.8. The van der Waals surface area contributed by atoms with Crippen LogP contribution in [0.4, 0.5) is 17.1 Å². The first kappa shape index (κ1) is 29.4. The van der Waals surface area contributed by atoms with Gasteiger partial charge in [0.05, 0.1) is 17.1 Å². The van der Waals surface area contributed by atoms with Crippen molar-refractivity contribution in [1.29, 1.82) is 0 Å². The maximum absolute atomic E-state index is 6.64. The first-order valence-electron chi connectivity index (χ1n) is 17.0. The van der Waals surface area contributed by atoms with Gasteiger partial charge < -0.3 is 9.32 Å². The predicted molar refractivity (Wildman–Crippen MR) is 213 cm³/mol. The van der Waals surface area contributed by atoms with Crippen LogP contribution in [-0.4, -0.2) is 9.97 Å². The molecular weight excluding hydrogens is 643 g/mol. The summed E-state index contributed by atoms with van der Waals surface area (Å²) in [6.07, 6.45) is 0. The minimum Gasteiger partial charge on any atom is -0.456 e. The zero-order valence-corrected chi connectivity index (χ0v) is 28.2. The summed E-state index contributed by atoms with van der Waals surface area (Å²) >= 11 is 1.82. The van der Waals surface area contributed by atoms with Crippen molar-refractivity contribution >= 4 is 70.5 Å². The van der Waals surface area contributed by atoms with Crippen LogP contribution >= 0.6 is 11.3 Å². The number of fused-ring (bicyclic) bond motifs is 6. The molecule has 0 atom stereocenters. The summed E-state index contributed by atoms with van der Waals surface area (Å²) in [6.45, 7) is 0. The second-order valence-electron chi connectivity index (χ2n) is 12.6. The minimum absolute atomic E-state index is 0.640. The summed E-state index contributed by atoms with van der Waals surface area (Å²) in [5, 5.41) is 4.57. The van der Waals surface area contributed by atoms with Crippen molar-refractivity contribution in [2.75, 3.05) is 4.90 Å². The quantitative estimate of drug-likeness (QED) is 0.176. The van der Waals surface area contributed by atoms with E-state index < -0.39 is 0 Å². The second-order valence-corrected chi connectivity index (χ2v) is 13.7. The van der Waals surface area contributed by atoms with Crippen LogP contribution in [0, 0.1) is 0 Å². The molecule has 0 saturated carbocycles. The number of para-hydroxylation sites is 2. The number of aromatic nitrogens is 2. The molecule has 0 spiro atoms. The smallest absolute Gasteiger partial charge is 0.161 e. The molecule has 7 aromatic carbocycles. The summed E-state index contributed by atoms with van der Waals surface area (Å²) in [7, 11) is 0. The maximum atomic E-state index is 6.64. The fourth-order valence-electron chi connectivity index (χ4n) is 7.10. The lowest BCUT2D eigenvalue weighted by molar-refractivity contribution is 0.669. The number of furan rings is 1. The monoisotopic (exact) mass is 671 g/mol. The molecule has 10 aromatic rings. The molecule has 0 amide bonds. The van der Waals surface area contributed by atoms with E-state index in [1.54, 1.807) is 0 Å². The van der Waals surface area contributed by atoms with Gasteiger partial charge in [0.15, 0.2) is 5.82 Å². The number of benzene rings is 7. The van der Waals surface area contributed by atoms with Gasteiger partial charge in [-0.15, -0.1) is 11.3 Å². The Hall–Kier alpha value is -6.56. The standard InChI is InChI=1S/C46H29N3OS/c1-4-14-30(15-5-1)39-29-40(31-16-6-2-7-17-31)48-46(47-39)38-26-34(27-42-45(38)37-21-10-12-22-41(37)50-42)49(32-18-8-3-9-19-32)33-24-25-36-35-20-11-13-23-43(35)51-44(36)28-33/h1-29H. The zero-order chi connectivity index (χ0) is 33.7. The highest BCUT2D eigenvalue weighted by Gasteiger charge is 2.22. The van der Waals surface area contributed by atoms with E-state index in [0.717, 1.165) is 67.1 Å². The lowest BCUT2D eigenvalue weighted by Gasteiger charge is -2.26. The summed E-state index contributed by atoms with van der Waals surface area (Å²) < 4.78 is 9.16. The molecule has 3 aromatic heterocycles. The number of nitrogens with zero attached hydrogens (tertiary/aromatic N) is 3. The van der Waals surface area contributed by atoms with Crippen LogP contribution in [0.15, 0.2) is 180 Å². The van der Waals surface area contributed by atoms with E-state index in [-0.39, 0.29) is 0 Å². The van der Waals surface area contributed by atoms with Crippen LogP contribution in [0.25, 0.3) is 76.0 Å². The summed E-state index contributed by atoms with van der Waals surface area (Å²) in [6, 6.07) is 61.2. The molecule has 0 aliphatic rings. The van der Waals surface area contributed by atoms with E-state index in [4.69, 9.17) is 14.4 Å². The fraction of sp³-hybridized carbons (Fsp3) is 0. The number of hydrogen-bond donors (Lipinski definition) is 0. The molecule has 0 N–H and O–H groups in total. The third-order valence-corrected chi connectivity index (χ3v) is 10.6. The molecular formula is C46H29N3OS. The van der Waals surface area contributed by atoms with Crippen molar-refractivity contribution in [1.82, 2.24) is 9.97 Å². The highest BCUT2D eigenvalue weighted by molar-refractivity contribution is 7.25. The predicted octanol–water partition coefficient (Wildman–Crippen LogP) is 13.2. The third-order valence-electron chi connectivity index (χ3n) is 9.46. The van der Waals surface area contributed by atoms with Crippen molar-refractivity contribution in [3.05, 3.63) is 176 Å². The first-order chi connectivity index (χ1) is 25.3. The van der Waals surface area contributed by atoms with E-state index in [0.29, 0.717) is 5.82 Å². The van der Waals surface area contributed by atoms with E-state index in [1.165, 1.54) is 20.2 Å². The van der Waals surface area contributed by atoms with Gasteiger partial charge in [-0.3, -0.25) is 0 Å². The van der Waals surface area contributed by atoms with Gasteiger partial charge in [-0.05, 0) is 48.5 Å². The average molecular weight is 672 g/mol. The average Bonchev–Trinajstić information content (AvgIpc) is 3.77. The number of anilines is 3. The fourth-order valence-corrected chi connectivity index (χ4v) is 8.24. The Morgan fingerprint density at radius 1 is 0.431 bits per heavy atom. The van der Waals surface area contributed by atoms with Crippen LogP contribution in [0.5, 0.6) is 0 Å². The highest BCUT2D eigenvalue weighted by atomic mass is 32.1. The molecule has 51 heavy (non-hydrogen) atoms. The molecule has 5 heteroatoms. The molecule has 0 saturated heterocycles. The maximum Gasteiger partial charge on any atom is 0.161 e. The van der Waals surface area contributed by atoms with Crippen molar-refractivity contribution in [2.24, 2.45) is 0 Å². The van der Waals surface area contributed by atoms with Gasteiger partial charge in [0.1, 0.15) is 11.2 Å². The number of thiophene rings is 1. The van der Waals surface area contributed by atoms with Crippen molar-refractivity contribution in [2.45, 2.75) is 0 Å². The van der Waals surface area contributed by atoms with Crippen molar-refractivity contribution in [3.63, 3.8) is 0 Å². The topological polar surface area (TPSA) is 42.2 Å². The molecule has 10 rings (SSSR count). The number of rotatable bonds is 6. The molecule has 0 bridgehead atoms. The lowest BCUT2D eigenvalue weighted by Crippen LogP contribution is -2.10. The van der Waals surface area contributed by atoms with E-state index in [1.807, 2.05) is 59.9 Å². The molecule has 0 aliphatic heterocycles. The van der Waals surface area contributed by atoms with Gasteiger partial charge in [-0.25, -0.2) is 9.97 Å². The molecule has 0 unspecified atom stereocenters. The Labute approximate surface area is 298 Å². The largest absolute Gasteiger partial charge is 0.456 e. The van der Waals surface area contributed by atoms with E-state index in [2.05, 4.69) is 132 Å². The molecule has 240 valence electrons. The third kappa shape index (κ3) is 5.14. The minimum atomic E-state index is 0.640. The van der Waals surface area contributed by atoms with Crippen LogP contribution in [0.3, 0.4) is 0 Å². The van der Waals surface area contributed by atoms with Crippen LogP contribution < -0.4 is 4.90 Å². The summed E-state index contributed by atoms with van der Waals surface area (Å²) in [5.74, 6) is 0.640. The van der Waals surface area contributed by atoms with E-state index in [9.17, 15) is 0 Å². The summed E-state index contributed by atoms with van der Waals surface area (Å²) in [4.78, 5) is 12.9. The van der Waals surface area contributed by atoms with Gasteiger partial charge in [-0.1, -0.05) is 121 Å². The van der Waals surface area contributed by atoms with Gasteiger partial charge in [0, 0.05) is 65.1 Å². The summed E-state index contributed by atoms with van der Waals surface area (Å²) in [5.41, 5.74) is 9.37. The Morgan fingerprint density at radius 2 is 1.04 bits per heavy atom. The Bertz CT molecular complexity index is 2800. The normalized spacial score (nSPS) is 11.5. The van der Waals surface area contributed by atoms with Crippen molar-refractivity contribution in [3.8, 4) is 33.9 Å². The molecule has 0 radical (unpaired) electrons. The van der Waals surface area contributed by atoms with Gasteiger partial charge in [0.2, 0.25) is 0 Å². The van der Waals surface area contributed by atoms with E-state index >= 15 is 0 Å². The highest BCUT2D eigenvalue weighted by Crippen LogP contribution is 2.45.